The number of fused-ring (bicyclic) bond motifs is 1. The maximum absolute atomic E-state index is 12.3. The minimum absolute atomic E-state index is 0.148. The average molecular weight is 378 g/mol. The van der Waals surface area contributed by atoms with Gasteiger partial charge in [0, 0.05) is 0 Å². The fourth-order valence-corrected chi connectivity index (χ4v) is 3.40. The number of rotatable bonds is 3. The van der Waals surface area contributed by atoms with Gasteiger partial charge in [-0.2, -0.15) is 0 Å². The van der Waals surface area contributed by atoms with E-state index in [2.05, 4.69) is 37.4 Å². The van der Waals surface area contributed by atoms with Crippen LogP contribution < -0.4 is 9.67 Å². The fraction of sp³-hybridized carbons (Fsp3) is 0.222. The first-order chi connectivity index (χ1) is 11.6. The molecule has 0 atom stereocenters. The molecule has 0 unspecified atom stereocenters. The summed E-state index contributed by atoms with van der Waals surface area (Å²) in [4.78, 5) is 16.6. The number of nitrogens with one attached hydrogen (secondary N) is 1. The van der Waals surface area contributed by atoms with Crippen molar-refractivity contribution in [2.45, 2.75) is 25.8 Å². The molecule has 0 aliphatic heterocycles. The number of hydrogen-bond acceptors (Lipinski definition) is 4. The van der Waals surface area contributed by atoms with Gasteiger partial charge < -0.3 is 0 Å². The molecular weight excluding hydrogens is 363 g/mol. The molecule has 0 saturated heterocycles. The molecule has 1 saturated carbocycles. The third kappa shape index (κ3) is 2.69. The van der Waals surface area contributed by atoms with Gasteiger partial charge in [0.05, 0.1) is 0 Å². The Morgan fingerprint density at radius 1 is 1.21 bits per heavy atom. The van der Waals surface area contributed by atoms with Gasteiger partial charge in [0.1, 0.15) is 0 Å². The minimum atomic E-state index is -0.148. The van der Waals surface area contributed by atoms with Crippen LogP contribution in [0.4, 0.5) is 0 Å². The van der Waals surface area contributed by atoms with Gasteiger partial charge in [-0.15, -0.1) is 0 Å². The van der Waals surface area contributed by atoms with Crippen molar-refractivity contribution in [3.05, 3.63) is 47.9 Å². The Morgan fingerprint density at radius 3 is 2.79 bits per heavy atom. The van der Waals surface area contributed by atoms with Crippen LogP contribution in [0.15, 0.2) is 36.7 Å². The molecule has 4 rings (SSSR count). The van der Waals surface area contributed by atoms with Crippen LogP contribution in [0.3, 0.4) is 0 Å². The van der Waals surface area contributed by atoms with E-state index in [1.165, 1.54) is 0 Å². The van der Waals surface area contributed by atoms with Crippen molar-refractivity contribution in [2.24, 2.45) is 0 Å². The molecular formula is C18H15AsN4O. The van der Waals surface area contributed by atoms with E-state index in [0.717, 1.165) is 44.8 Å². The summed E-state index contributed by atoms with van der Waals surface area (Å²) in [6, 6.07) is 8.23. The van der Waals surface area contributed by atoms with Crippen LogP contribution in [0.1, 0.15) is 28.9 Å². The number of benzene rings is 1. The molecule has 2 aromatic heterocycles. The third-order valence-corrected chi connectivity index (χ3v) is 5.17. The van der Waals surface area contributed by atoms with E-state index in [0.29, 0.717) is 11.7 Å². The standard InChI is InChI=1S/C18H15AsN4O/c1-10-7-8-20-9-14(10)12-3-2-4-13-15(19)17(23-22-16(12)13)18(24)21-11-5-6-11/h2-4,7-9,11H,5-6H2,1H3,(H,21,24). The van der Waals surface area contributed by atoms with Gasteiger partial charge in [0.25, 0.3) is 0 Å². The van der Waals surface area contributed by atoms with Crippen molar-refractivity contribution in [3.63, 3.8) is 0 Å². The first-order valence-electron chi connectivity index (χ1n) is 7.85. The molecule has 1 N–H and O–H groups in total. The molecule has 118 valence electrons. The average Bonchev–Trinajstić information content (AvgIpc) is 3.39. The summed E-state index contributed by atoms with van der Waals surface area (Å²) in [5.74, 6) is -0.148. The van der Waals surface area contributed by atoms with E-state index in [1.807, 2.05) is 37.4 Å². The zero-order valence-corrected chi connectivity index (χ0v) is 15.0. The summed E-state index contributed by atoms with van der Waals surface area (Å²) in [6.45, 7) is 2.05. The molecule has 1 aliphatic carbocycles. The Balaban J connectivity index is 1.85. The van der Waals surface area contributed by atoms with Crippen molar-refractivity contribution in [1.29, 1.82) is 0 Å². The third-order valence-electron chi connectivity index (χ3n) is 4.22. The van der Waals surface area contributed by atoms with Crippen molar-refractivity contribution in [2.75, 3.05) is 0 Å². The Morgan fingerprint density at radius 2 is 2.04 bits per heavy atom. The molecule has 1 fully saturated rings. The summed E-state index contributed by atoms with van der Waals surface area (Å²) < 4.78 is 0.800. The number of carbonyl (C=O) groups excluding carboxylic acids is 1. The molecule has 3 aromatic rings. The number of carbonyl (C=O) groups is 1. The SMILES string of the molecule is Cc1ccncc1-c1cccc2c([As])c(C(=O)NC3CC3)nnc12. The molecule has 24 heavy (non-hydrogen) atoms. The van der Waals surface area contributed by atoms with Crippen LogP contribution in [0.5, 0.6) is 0 Å². The van der Waals surface area contributed by atoms with E-state index in [-0.39, 0.29) is 5.91 Å². The summed E-state index contributed by atoms with van der Waals surface area (Å²) >= 11 is 2.47. The van der Waals surface area contributed by atoms with Crippen LogP contribution in [0.25, 0.3) is 22.0 Å². The topological polar surface area (TPSA) is 67.8 Å². The summed E-state index contributed by atoms with van der Waals surface area (Å²) in [5.41, 5.74) is 4.30. The van der Waals surface area contributed by atoms with E-state index in [9.17, 15) is 4.79 Å². The van der Waals surface area contributed by atoms with E-state index in [1.54, 1.807) is 6.20 Å². The van der Waals surface area contributed by atoms with Gasteiger partial charge in [-0.3, -0.25) is 0 Å². The number of aromatic nitrogens is 3. The van der Waals surface area contributed by atoms with Gasteiger partial charge >= 0.3 is 148 Å². The Labute approximate surface area is 148 Å². The van der Waals surface area contributed by atoms with E-state index < -0.39 is 0 Å². The summed E-state index contributed by atoms with van der Waals surface area (Å²) in [5, 5.41) is 12.5. The van der Waals surface area contributed by atoms with Crippen LogP contribution in [-0.4, -0.2) is 44.0 Å². The second kappa shape index (κ2) is 5.99. The first-order valence-corrected chi connectivity index (χ1v) is 8.79. The van der Waals surface area contributed by atoms with E-state index in [4.69, 9.17) is 0 Å². The van der Waals surface area contributed by atoms with Crippen LogP contribution in [-0.2, 0) is 0 Å². The number of aryl methyl sites for hydroxylation is 1. The van der Waals surface area contributed by atoms with Gasteiger partial charge in [-0.1, -0.05) is 0 Å². The molecule has 1 amide bonds. The number of nitrogens with zero attached hydrogens (tertiary/aromatic N) is 3. The zero-order valence-electron chi connectivity index (χ0n) is 13.2. The Hall–Kier alpha value is -2.26. The fourth-order valence-electron chi connectivity index (χ4n) is 2.71. The van der Waals surface area contributed by atoms with Gasteiger partial charge in [-0.25, -0.2) is 0 Å². The van der Waals surface area contributed by atoms with Crippen LogP contribution in [0.2, 0.25) is 0 Å². The van der Waals surface area contributed by atoms with Crippen molar-refractivity contribution < 1.29 is 4.79 Å². The van der Waals surface area contributed by atoms with Gasteiger partial charge in [0.2, 0.25) is 0 Å². The molecule has 5 nitrogen and oxygen atoms in total. The maximum atomic E-state index is 12.3. The monoisotopic (exact) mass is 378 g/mol. The van der Waals surface area contributed by atoms with Crippen LogP contribution >= 0.6 is 0 Å². The second-order valence-electron chi connectivity index (χ2n) is 6.04. The number of hydrogen-bond donors (Lipinski definition) is 1. The number of pyridine rings is 1. The van der Waals surface area contributed by atoms with Gasteiger partial charge in [-0.05, 0) is 0 Å². The Kier molecular flexibility index (Phi) is 3.81. The Bertz CT molecular complexity index is 953. The summed E-state index contributed by atoms with van der Waals surface area (Å²) in [7, 11) is 0. The number of amides is 1. The van der Waals surface area contributed by atoms with Crippen molar-refractivity contribution in [3.8, 4) is 11.1 Å². The molecule has 6 heteroatoms. The molecule has 0 spiro atoms. The quantitative estimate of drug-likeness (QED) is 0.705. The molecule has 0 bridgehead atoms. The van der Waals surface area contributed by atoms with E-state index >= 15 is 0 Å². The van der Waals surface area contributed by atoms with Crippen LogP contribution in [0, 0.1) is 6.92 Å². The van der Waals surface area contributed by atoms with Crippen molar-refractivity contribution >= 4 is 38.0 Å². The molecule has 2 heterocycles. The van der Waals surface area contributed by atoms with Crippen molar-refractivity contribution in [1.82, 2.24) is 20.5 Å². The predicted molar refractivity (Wildman–Crippen MR) is 93.4 cm³/mol. The zero-order chi connectivity index (χ0) is 16.7. The molecule has 2 radical (unpaired) electrons. The second-order valence-corrected chi connectivity index (χ2v) is 6.98. The molecule has 1 aromatic carbocycles. The van der Waals surface area contributed by atoms with Gasteiger partial charge in [0.15, 0.2) is 0 Å². The molecule has 1 aliphatic rings. The predicted octanol–water partition coefficient (Wildman–Crippen LogP) is 1.69. The first kappa shape index (κ1) is 15.3. The summed E-state index contributed by atoms with van der Waals surface area (Å²) in [6.07, 6.45) is 5.71. The normalized spacial score (nSPS) is 13.9.